The van der Waals surface area contributed by atoms with Crippen LogP contribution in [0.1, 0.15) is 21.7 Å². The molecule has 7 nitrogen and oxygen atoms in total. The normalized spacial score (nSPS) is 10.7. The van der Waals surface area contributed by atoms with Gasteiger partial charge in [0.1, 0.15) is 0 Å². The van der Waals surface area contributed by atoms with Crippen LogP contribution >= 0.6 is 0 Å². The topological polar surface area (TPSA) is 85.2 Å². The Morgan fingerprint density at radius 3 is 2.27 bits per heavy atom. The highest BCUT2D eigenvalue weighted by atomic mass is 16.5. The lowest BCUT2D eigenvalue weighted by Gasteiger charge is -2.08. The number of benzene rings is 2. The minimum absolute atomic E-state index is 0.0407. The number of carbonyl (C=O) groups excluding carboxylic acids is 1. The molecule has 0 amide bonds. The number of H-pyrrole nitrogens is 1. The number of ether oxygens (including phenoxy) is 2. The molecule has 0 saturated carbocycles. The predicted molar refractivity (Wildman–Crippen MR) is 111 cm³/mol. The summed E-state index contributed by atoms with van der Waals surface area (Å²) in [5.74, 6) is 1.43. The number of hydrogen-bond donors (Lipinski definition) is 1. The molecule has 2 aromatic heterocycles. The summed E-state index contributed by atoms with van der Waals surface area (Å²) in [5, 5.41) is 0.421. The smallest absolute Gasteiger partial charge is 0.259 e. The Bertz CT molecular complexity index is 1270. The number of carbonyl (C=O) groups is 1. The fraction of sp³-hybridized carbons (Fsp3) is 0.130. The zero-order valence-corrected chi connectivity index (χ0v) is 16.6. The lowest BCUT2D eigenvalue weighted by Crippen LogP contribution is -2.35. The molecule has 4 aromatic rings. The molecule has 2 aromatic carbocycles. The van der Waals surface area contributed by atoms with Crippen LogP contribution in [0.5, 0.6) is 11.5 Å². The van der Waals surface area contributed by atoms with Crippen molar-refractivity contribution < 1.29 is 18.8 Å². The van der Waals surface area contributed by atoms with E-state index in [1.54, 1.807) is 48.8 Å². The fourth-order valence-electron chi connectivity index (χ4n) is 3.23. The summed E-state index contributed by atoms with van der Waals surface area (Å²) in [5.41, 5.74) is 1.49. The number of nitrogens with one attached hydrogen (secondary N) is 1. The van der Waals surface area contributed by atoms with E-state index in [4.69, 9.17) is 9.47 Å². The number of hydrogen-bond acceptors (Lipinski definition) is 5. The van der Waals surface area contributed by atoms with Gasteiger partial charge in [0.15, 0.2) is 35.5 Å². The molecule has 0 atom stereocenters. The summed E-state index contributed by atoms with van der Waals surface area (Å²) in [6, 6.07) is 15.9. The molecule has 0 aliphatic heterocycles. The Kier molecular flexibility index (Phi) is 5.26. The first-order valence-electron chi connectivity index (χ1n) is 9.33. The number of nitrogens with zero attached hydrogens (tertiary/aromatic N) is 2. The van der Waals surface area contributed by atoms with Crippen molar-refractivity contribution >= 4 is 16.7 Å². The van der Waals surface area contributed by atoms with Crippen LogP contribution in [-0.4, -0.2) is 30.0 Å². The van der Waals surface area contributed by atoms with E-state index in [0.717, 1.165) is 0 Å². The van der Waals surface area contributed by atoms with Crippen LogP contribution < -0.4 is 19.6 Å². The van der Waals surface area contributed by atoms with Crippen LogP contribution in [0, 0.1) is 0 Å². The average molecular weight is 402 g/mol. The van der Waals surface area contributed by atoms with E-state index < -0.39 is 0 Å². The largest absolute Gasteiger partial charge is 0.493 e. The Labute approximate surface area is 172 Å². The highest BCUT2D eigenvalue weighted by molar-refractivity contribution is 6.08. The molecule has 0 aliphatic carbocycles. The summed E-state index contributed by atoms with van der Waals surface area (Å²) in [6.07, 6.45) is 3.57. The van der Waals surface area contributed by atoms with Crippen molar-refractivity contribution in [3.8, 4) is 11.5 Å². The van der Waals surface area contributed by atoms with E-state index >= 15 is 0 Å². The third-order valence-electron chi connectivity index (χ3n) is 4.78. The molecule has 0 bridgehead atoms. The molecule has 2 heterocycles. The summed E-state index contributed by atoms with van der Waals surface area (Å²) >= 11 is 0. The summed E-state index contributed by atoms with van der Waals surface area (Å²) in [4.78, 5) is 32.4. The van der Waals surface area contributed by atoms with Gasteiger partial charge in [-0.2, -0.15) is 4.57 Å². The Morgan fingerprint density at radius 2 is 1.60 bits per heavy atom. The second-order valence-electron chi connectivity index (χ2n) is 6.69. The van der Waals surface area contributed by atoms with Crippen molar-refractivity contribution in [3.05, 3.63) is 94.3 Å². The van der Waals surface area contributed by atoms with Crippen molar-refractivity contribution in [2.24, 2.45) is 0 Å². The Hall–Kier alpha value is -4.00. The monoisotopic (exact) mass is 402 g/mol. The van der Waals surface area contributed by atoms with Crippen LogP contribution in [0.15, 0.2) is 71.8 Å². The van der Waals surface area contributed by atoms with Gasteiger partial charge in [-0.05, 0) is 6.07 Å². The molecule has 0 unspecified atom stereocenters. The van der Waals surface area contributed by atoms with Gasteiger partial charge in [-0.25, -0.2) is 4.98 Å². The van der Waals surface area contributed by atoms with E-state index in [1.807, 2.05) is 22.8 Å². The average Bonchev–Trinajstić information content (AvgIpc) is 2.79. The summed E-state index contributed by atoms with van der Waals surface area (Å²) in [6.45, 7) is 0.347. The quantitative estimate of drug-likeness (QED) is 0.396. The Balaban J connectivity index is 1.61. The molecule has 30 heavy (non-hydrogen) atoms. The van der Waals surface area contributed by atoms with Crippen molar-refractivity contribution in [3.63, 3.8) is 0 Å². The second kappa shape index (κ2) is 8.16. The van der Waals surface area contributed by atoms with Crippen LogP contribution in [0.25, 0.3) is 10.9 Å². The Morgan fingerprint density at radius 1 is 0.967 bits per heavy atom. The van der Waals surface area contributed by atoms with Gasteiger partial charge in [-0.15, -0.1) is 0 Å². The second-order valence-corrected chi connectivity index (χ2v) is 6.69. The first kappa shape index (κ1) is 19.3. The van der Waals surface area contributed by atoms with Gasteiger partial charge < -0.3 is 14.5 Å². The van der Waals surface area contributed by atoms with Crippen LogP contribution in [0.3, 0.4) is 0 Å². The molecular formula is C23H20N3O4+. The van der Waals surface area contributed by atoms with E-state index in [0.29, 0.717) is 45.9 Å². The molecule has 7 heteroatoms. The maximum Gasteiger partial charge on any atom is 0.259 e. The number of methoxy groups -OCH3 is 2. The predicted octanol–water partition coefficient (Wildman–Crippen LogP) is 2.51. The van der Waals surface area contributed by atoms with Crippen molar-refractivity contribution in [1.82, 2.24) is 9.97 Å². The maximum atomic E-state index is 12.5. The maximum absolute atomic E-state index is 12.5. The molecular weight excluding hydrogens is 382 g/mol. The molecule has 0 fully saturated rings. The molecule has 0 radical (unpaired) electrons. The van der Waals surface area contributed by atoms with Crippen molar-refractivity contribution in [1.29, 1.82) is 0 Å². The molecule has 4 rings (SSSR count). The van der Waals surface area contributed by atoms with Gasteiger partial charge in [-0.3, -0.25) is 9.59 Å². The fourth-order valence-corrected chi connectivity index (χ4v) is 3.23. The van der Waals surface area contributed by atoms with Crippen LogP contribution in [0.4, 0.5) is 0 Å². The molecule has 0 saturated heterocycles. The number of ketones is 1. The van der Waals surface area contributed by atoms with Gasteiger partial charge in [0.05, 0.1) is 25.1 Å². The molecule has 150 valence electrons. The van der Waals surface area contributed by atoms with Crippen LogP contribution in [-0.2, 0) is 6.54 Å². The SMILES string of the molecule is COc1cc2nc(C[n+]3ccc(C(=O)c4ccccc4)cc3)[nH]c(=O)c2cc1OC. The number of fused-ring (bicyclic) bond motifs is 1. The van der Waals surface area contributed by atoms with E-state index in [2.05, 4.69) is 9.97 Å². The standard InChI is InChI=1S/C23H19N3O4/c1-29-19-12-17-18(13-20(19)30-2)24-21(25-23(17)28)14-26-10-8-16(9-11-26)22(27)15-6-4-3-5-7-15/h3-13H,14H2,1-2H3/p+1. The number of aromatic amines is 1. The van der Waals surface area contributed by atoms with Gasteiger partial charge in [-0.1, -0.05) is 30.3 Å². The zero-order valence-electron chi connectivity index (χ0n) is 16.6. The minimum atomic E-state index is -0.257. The van der Waals surface area contributed by atoms with Crippen molar-refractivity contribution in [2.75, 3.05) is 14.2 Å². The number of pyridine rings is 1. The minimum Gasteiger partial charge on any atom is -0.493 e. The van der Waals surface area contributed by atoms with Gasteiger partial charge in [0.25, 0.3) is 5.56 Å². The lowest BCUT2D eigenvalue weighted by atomic mass is 10.0. The van der Waals surface area contributed by atoms with E-state index in [1.165, 1.54) is 14.2 Å². The first-order valence-corrected chi connectivity index (χ1v) is 9.33. The third kappa shape index (κ3) is 3.77. The van der Waals surface area contributed by atoms with Crippen molar-refractivity contribution in [2.45, 2.75) is 6.54 Å². The summed E-state index contributed by atoms with van der Waals surface area (Å²) in [7, 11) is 3.05. The molecule has 0 spiro atoms. The highest BCUT2D eigenvalue weighted by Gasteiger charge is 2.14. The lowest BCUT2D eigenvalue weighted by molar-refractivity contribution is -0.689. The van der Waals surface area contributed by atoms with Gasteiger partial charge in [0, 0.05) is 29.3 Å². The van der Waals surface area contributed by atoms with Crippen LogP contribution in [0.2, 0.25) is 0 Å². The third-order valence-corrected chi connectivity index (χ3v) is 4.78. The van der Waals surface area contributed by atoms with E-state index in [-0.39, 0.29) is 11.3 Å². The molecule has 1 N–H and O–H groups in total. The first-order chi connectivity index (χ1) is 14.6. The highest BCUT2D eigenvalue weighted by Crippen LogP contribution is 2.29. The zero-order chi connectivity index (χ0) is 21.1. The van der Waals surface area contributed by atoms with Gasteiger partial charge >= 0.3 is 0 Å². The van der Waals surface area contributed by atoms with E-state index in [9.17, 15) is 9.59 Å². The summed E-state index contributed by atoms with van der Waals surface area (Å²) < 4.78 is 12.4. The number of aromatic nitrogens is 3. The van der Waals surface area contributed by atoms with Gasteiger partial charge in [0.2, 0.25) is 6.54 Å². The molecule has 0 aliphatic rings. The number of rotatable bonds is 6.